The van der Waals surface area contributed by atoms with E-state index in [0.717, 1.165) is 12.1 Å². The van der Waals surface area contributed by atoms with Crippen LogP contribution in [-0.2, 0) is 0 Å². The molecule has 0 heterocycles. The molecule has 0 aliphatic heterocycles. The van der Waals surface area contributed by atoms with Gasteiger partial charge in [-0.2, -0.15) is 0 Å². The van der Waals surface area contributed by atoms with Crippen LogP contribution in [0.1, 0.15) is 11.6 Å². The molecule has 0 bridgehead atoms. The Hall–Kier alpha value is -1.36. The van der Waals surface area contributed by atoms with Gasteiger partial charge in [0.1, 0.15) is 18.2 Å². The molecule has 0 amide bonds. The Morgan fingerprint density at radius 1 is 1.46 bits per heavy atom. The van der Waals surface area contributed by atoms with Crippen LogP contribution >= 0.6 is 0 Å². The first-order valence-electron chi connectivity index (χ1n) is 3.65. The summed E-state index contributed by atoms with van der Waals surface area (Å²) in [5, 5.41) is 9.29. The summed E-state index contributed by atoms with van der Waals surface area (Å²) in [6.07, 6.45) is 0. The van der Waals surface area contributed by atoms with Crippen LogP contribution in [0.4, 0.5) is 14.5 Å². The summed E-state index contributed by atoms with van der Waals surface area (Å²) in [5.74, 6) is -0.999. The van der Waals surface area contributed by atoms with Gasteiger partial charge in [-0.15, -0.1) is 0 Å². The molecule has 1 aromatic rings. The minimum Gasteiger partial charge on any atom is -0.505 e. The van der Waals surface area contributed by atoms with Gasteiger partial charge in [0.15, 0.2) is 0 Å². The third-order valence-corrected chi connectivity index (χ3v) is 1.70. The van der Waals surface area contributed by atoms with Crippen molar-refractivity contribution in [3.05, 3.63) is 23.5 Å². The molecule has 0 fully saturated rings. The highest BCUT2D eigenvalue weighted by Gasteiger charge is 2.14. The van der Waals surface area contributed by atoms with Crippen LogP contribution in [0.5, 0.6) is 5.75 Å². The number of alkyl halides is 1. The van der Waals surface area contributed by atoms with E-state index in [-0.39, 0.29) is 17.0 Å². The quantitative estimate of drug-likeness (QED) is 0.480. The zero-order valence-electron chi connectivity index (χ0n) is 6.80. The fraction of sp³-hybridized carbons (Fsp3) is 0.250. The van der Waals surface area contributed by atoms with Gasteiger partial charge in [0, 0.05) is 11.6 Å². The van der Waals surface area contributed by atoms with Gasteiger partial charge in [0.05, 0.1) is 11.7 Å². The summed E-state index contributed by atoms with van der Waals surface area (Å²) < 4.78 is 24.9. The van der Waals surface area contributed by atoms with E-state index >= 15 is 0 Å². The van der Waals surface area contributed by atoms with Crippen LogP contribution in [0.15, 0.2) is 12.1 Å². The number of anilines is 1. The number of hydrogen-bond acceptors (Lipinski definition) is 3. The number of benzene rings is 1. The van der Waals surface area contributed by atoms with Gasteiger partial charge in [-0.1, -0.05) is 0 Å². The van der Waals surface area contributed by atoms with Crippen molar-refractivity contribution in [3.8, 4) is 5.75 Å². The normalized spacial score (nSPS) is 12.8. The number of nitrogen functional groups attached to an aromatic ring is 1. The van der Waals surface area contributed by atoms with Gasteiger partial charge in [-0.25, -0.2) is 8.78 Å². The highest BCUT2D eigenvalue weighted by Crippen LogP contribution is 2.30. The monoisotopic (exact) mass is 188 g/mol. The van der Waals surface area contributed by atoms with Crippen LogP contribution < -0.4 is 11.5 Å². The van der Waals surface area contributed by atoms with Gasteiger partial charge in [-0.05, 0) is 6.07 Å². The molecule has 0 aliphatic carbocycles. The molecular formula is C8H10F2N2O. The number of aromatic hydroxyl groups is 1. The highest BCUT2D eigenvalue weighted by molar-refractivity contribution is 5.57. The minimum absolute atomic E-state index is 0.0139. The number of phenolic OH excluding ortho intramolecular Hbond substituents is 1. The lowest BCUT2D eigenvalue weighted by Crippen LogP contribution is -2.13. The van der Waals surface area contributed by atoms with Crippen LogP contribution in [0, 0.1) is 5.82 Å². The molecule has 3 nitrogen and oxygen atoms in total. The molecule has 0 spiro atoms. The number of halogens is 2. The summed E-state index contributed by atoms with van der Waals surface area (Å²) in [6.45, 7) is -0.879. The molecule has 0 radical (unpaired) electrons. The summed E-state index contributed by atoms with van der Waals surface area (Å²) in [7, 11) is 0. The molecule has 0 saturated carbocycles. The summed E-state index contributed by atoms with van der Waals surface area (Å²) >= 11 is 0. The topological polar surface area (TPSA) is 72.3 Å². The highest BCUT2D eigenvalue weighted by atomic mass is 19.1. The Morgan fingerprint density at radius 3 is 2.62 bits per heavy atom. The van der Waals surface area contributed by atoms with Crippen molar-refractivity contribution in [1.29, 1.82) is 0 Å². The van der Waals surface area contributed by atoms with E-state index in [1.807, 2.05) is 0 Å². The van der Waals surface area contributed by atoms with Gasteiger partial charge < -0.3 is 16.6 Å². The van der Waals surface area contributed by atoms with Gasteiger partial charge in [0.25, 0.3) is 0 Å². The standard InChI is InChI=1S/C8H10F2N2O/c9-3-7(12)5-1-4(10)2-6(11)8(5)13/h1-2,7,13H,3,11-12H2/t7-/m1/s1. The maximum absolute atomic E-state index is 12.7. The predicted octanol–water partition coefficient (Wildman–Crippen LogP) is 1.08. The smallest absolute Gasteiger partial charge is 0.143 e. The van der Waals surface area contributed by atoms with Crippen LogP contribution in [0.25, 0.3) is 0 Å². The van der Waals surface area contributed by atoms with Crippen molar-refractivity contribution >= 4 is 5.69 Å². The second kappa shape index (κ2) is 3.57. The maximum atomic E-state index is 12.7. The third-order valence-electron chi connectivity index (χ3n) is 1.70. The van der Waals surface area contributed by atoms with Gasteiger partial charge >= 0.3 is 0 Å². The van der Waals surface area contributed by atoms with E-state index in [4.69, 9.17) is 11.5 Å². The van der Waals surface area contributed by atoms with E-state index in [0.29, 0.717) is 0 Å². The first-order chi connectivity index (χ1) is 6.06. The molecular weight excluding hydrogens is 178 g/mol. The molecule has 1 atom stereocenters. The summed E-state index contributed by atoms with van der Waals surface area (Å²) in [6, 6.07) is 0.873. The molecule has 0 saturated heterocycles. The van der Waals surface area contributed by atoms with E-state index in [2.05, 4.69) is 0 Å². The van der Waals surface area contributed by atoms with E-state index in [1.54, 1.807) is 0 Å². The Bertz CT molecular complexity index is 317. The second-order valence-corrected chi connectivity index (χ2v) is 2.69. The first kappa shape index (κ1) is 9.73. The predicted molar refractivity (Wildman–Crippen MR) is 45.4 cm³/mol. The van der Waals surface area contributed by atoms with E-state index in [1.165, 1.54) is 0 Å². The average Bonchev–Trinajstić information content (AvgIpc) is 2.10. The largest absolute Gasteiger partial charge is 0.505 e. The first-order valence-corrected chi connectivity index (χ1v) is 3.65. The zero-order valence-corrected chi connectivity index (χ0v) is 6.80. The van der Waals surface area contributed by atoms with E-state index in [9.17, 15) is 13.9 Å². The Balaban J connectivity index is 3.20. The van der Waals surface area contributed by atoms with Crippen LogP contribution in [0.3, 0.4) is 0 Å². The Kier molecular flexibility index (Phi) is 2.67. The molecule has 13 heavy (non-hydrogen) atoms. The van der Waals surface area contributed by atoms with Crippen molar-refractivity contribution in [2.75, 3.05) is 12.4 Å². The number of rotatable bonds is 2. The lowest BCUT2D eigenvalue weighted by Gasteiger charge is -2.11. The summed E-state index contributed by atoms with van der Waals surface area (Å²) in [4.78, 5) is 0. The second-order valence-electron chi connectivity index (χ2n) is 2.69. The fourth-order valence-electron chi connectivity index (χ4n) is 1.01. The zero-order chi connectivity index (χ0) is 10.0. The van der Waals surface area contributed by atoms with E-state index < -0.39 is 18.5 Å². The minimum atomic E-state index is -1.04. The number of nitrogens with two attached hydrogens (primary N) is 2. The fourth-order valence-corrected chi connectivity index (χ4v) is 1.01. The molecule has 1 rings (SSSR count). The average molecular weight is 188 g/mol. The molecule has 5 N–H and O–H groups in total. The molecule has 72 valence electrons. The van der Waals surface area contributed by atoms with Crippen molar-refractivity contribution in [1.82, 2.24) is 0 Å². The number of hydrogen-bond donors (Lipinski definition) is 3. The van der Waals surface area contributed by atoms with Crippen molar-refractivity contribution in [2.24, 2.45) is 5.73 Å². The molecule has 5 heteroatoms. The lowest BCUT2D eigenvalue weighted by molar-refractivity contribution is 0.413. The molecule has 0 unspecified atom stereocenters. The molecule has 1 aromatic carbocycles. The van der Waals surface area contributed by atoms with Gasteiger partial charge in [-0.3, -0.25) is 0 Å². The Morgan fingerprint density at radius 2 is 2.08 bits per heavy atom. The Labute approximate surface area is 74.0 Å². The molecule has 0 aromatic heterocycles. The maximum Gasteiger partial charge on any atom is 0.143 e. The SMILES string of the molecule is Nc1cc(F)cc([C@H](N)CF)c1O. The summed E-state index contributed by atoms with van der Waals surface area (Å²) in [5.41, 5.74) is 10.4. The lowest BCUT2D eigenvalue weighted by atomic mass is 10.1. The van der Waals surface area contributed by atoms with Crippen LogP contribution in [-0.4, -0.2) is 11.8 Å². The van der Waals surface area contributed by atoms with Crippen molar-refractivity contribution in [3.63, 3.8) is 0 Å². The van der Waals surface area contributed by atoms with Crippen LogP contribution in [0.2, 0.25) is 0 Å². The number of phenols is 1. The molecule has 0 aliphatic rings. The van der Waals surface area contributed by atoms with Crippen molar-refractivity contribution in [2.45, 2.75) is 6.04 Å². The van der Waals surface area contributed by atoms with Crippen molar-refractivity contribution < 1.29 is 13.9 Å². The van der Waals surface area contributed by atoms with Gasteiger partial charge in [0.2, 0.25) is 0 Å². The third kappa shape index (κ3) is 1.86.